The Labute approximate surface area is 133 Å². The summed E-state index contributed by atoms with van der Waals surface area (Å²) in [6.07, 6.45) is 5.61. The summed E-state index contributed by atoms with van der Waals surface area (Å²) in [6.45, 7) is 0. The van der Waals surface area contributed by atoms with Crippen molar-refractivity contribution in [1.82, 2.24) is 10.3 Å². The molecular formula is C19H16N2O2. The van der Waals surface area contributed by atoms with Crippen molar-refractivity contribution in [1.29, 1.82) is 0 Å². The maximum atomic E-state index is 12.9. The summed E-state index contributed by atoms with van der Waals surface area (Å²) in [6, 6.07) is 9.89. The predicted molar refractivity (Wildman–Crippen MR) is 84.2 cm³/mol. The monoisotopic (exact) mass is 304 g/mol. The Hall–Kier alpha value is -2.49. The second-order valence-corrected chi connectivity index (χ2v) is 6.77. The molecule has 2 heterocycles. The Kier molecular flexibility index (Phi) is 2.42. The molecule has 114 valence electrons. The SMILES string of the molecule is O=C1NC(=O)C2(CCc3ncccc32)c2cc(C3CC3)ccc21. The Bertz CT molecular complexity index is 869. The minimum absolute atomic E-state index is 0.199. The van der Waals surface area contributed by atoms with Crippen molar-refractivity contribution in [3.05, 3.63) is 64.5 Å². The van der Waals surface area contributed by atoms with Crippen LogP contribution in [0.1, 0.15) is 57.9 Å². The van der Waals surface area contributed by atoms with Crippen LogP contribution in [-0.4, -0.2) is 16.8 Å². The van der Waals surface area contributed by atoms with E-state index in [1.165, 1.54) is 18.4 Å². The quantitative estimate of drug-likeness (QED) is 0.823. The number of benzene rings is 1. The third kappa shape index (κ3) is 1.63. The largest absolute Gasteiger partial charge is 0.291 e. The lowest BCUT2D eigenvalue weighted by Crippen LogP contribution is -2.51. The molecule has 3 aliphatic rings. The van der Waals surface area contributed by atoms with Crippen LogP contribution in [0.3, 0.4) is 0 Å². The number of aromatic nitrogens is 1. The molecular weight excluding hydrogens is 288 g/mol. The van der Waals surface area contributed by atoms with E-state index in [1.54, 1.807) is 6.20 Å². The summed E-state index contributed by atoms with van der Waals surface area (Å²) in [7, 11) is 0. The molecule has 1 saturated carbocycles. The van der Waals surface area contributed by atoms with E-state index in [2.05, 4.69) is 16.4 Å². The standard InChI is InChI=1S/C19H16N2O2/c22-17-13-6-5-12(11-3-4-11)10-15(13)19(18(23)21-17)8-7-16-14(19)2-1-9-20-16/h1-2,5-6,9-11H,3-4,7-8H2,(H,21,22,23). The van der Waals surface area contributed by atoms with Gasteiger partial charge in [-0.3, -0.25) is 19.9 Å². The number of amides is 2. The zero-order valence-corrected chi connectivity index (χ0v) is 12.6. The van der Waals surface area contributed by atoms with Gasteiger partial charge in [0, 0.05) is 17.5 Å². The summed E-state index contributed by atoms with van der Waals surface area (Å²) in [4.78, 5) is 29.6. The average Bonchev–Trinajstić information content (AvgIpc) is 3.34. The lowest BCUT2D eigenvalue weighted by Gasteiger charge is -2.35. The van der Waals surface area contributed by atoms with Gasteiger partial charge in [-0.15, -0.1) is 0 Å². The van der Waals surface area contributed by atoms with Crippen LogP contribution in [0, 0.1) is 0 Å². The topological polar surface area (TPSA) is 59.1 Å². The number of hydrogen-bond acceptors (Lipinski definition) is 3. The van der Waals surface area contributed by atoms with Gasteiger partial charge >= 0.3 is 0 Å². The number of pyridine rings is 1. The molecule has 2 aliphatic carbocycles. The molecule has 0 bridgehead atoms. The molecule has 1 atom stereocenters. The lowest BCUT2D eigenvalue weighted by molar-refractivity contribution is -0.124. The molecule has 0 radical (unpaired) electrons. The minimum Gasteiger partial charge on any atom is -0.291 e. The van der Waals surface area contributed by atoms with Gasteiger partial charge in [-0.1, -0.05) is 18.2 Å². The first-order chi connectivity index (χ1) is 11.2. The molecule has 1 aliphatic heterocycles. The van der Waals surface area contributed by atoms with E-state index in [0.29, 0.717) is 17.9 Å². The van der Waals surface area contributed by atoms with Gasteiger partial charge in [-0.25, -0.2) is 0 Å². The second-order valence-electron chi connectivity index (χ2n) is 6.77. The molecule has 1 spiro atoms. The van der Waals surface area contributed by atoms with Crippen LogP contribution in [-0.2, 0) is 16.6 Å². The van der Waals surface area contributed by atoms with Crippen LogP contribution >= 0.6 is 0 Å². The number of carbonyl (C=O) groups excluding carboxylic acids is 2. The summed E-state index contributed by atoms with van der Waals surface area (Å²) in [5.74, 6) is 0.109. The smallest absolute Gasteiger partial charge is 0.258 e. The van der Waals surface area contributed by atoms with Crippen LogP contribution in [0.4, 0.5) is 0 Å². The number of imide groups is 1. The molecule has 1 N–H and O–H groups in total. The molecule has 0 saturated heterocycles. The molecule has 1 unspecified atom stereocenters. The highest BCUT2D eigenvalue weighted by atomic mass is 16.2. The van der Waals surface area contributed by atoms with Gasteiger partial charge < -0.3 is 0 Å². The first kappa shape index (κ1) is 13.0. The fraction of sp³-hybridized carbons (Fsp3) is 0.316. The first-order valence-corrected chi connectivity index (χ1v) is 8.15. The Balaban J connectivity index is 1.80. The number of nitrogens with zero attached hydrogens (tertiary/aromatic N) is 1. The molecule has 23 heavy (non-hydrogen) atoms. The Morgan fingerprint density at radius 2 is 2.00 bits per heavy atom. The van der Waals surface area contributed by atoms with Gasteiger partial charge in [0.2, 0.25) is 5.91 Å². The fourth-order valence-electron chi connectivity index (χ4n) is 4.16. The number of rotatable bonds is 1. The van der Waals surface area contributed by atoms with Crippen LogP contribution in [0.2, 0.25) is 0 Å². The average molecular weight is 304 g/mol. The predicted octanol–water partition coefficient (Wildman–Crippen LogP) is 2.46. The normalized spacial score (nSPS) is 25.2. The number of hydrogen-bond donors (Lipinski definition) is 1. The third-order valence-corrected chi connectivity index (χ3v) is 5.50. The van der Waals surface area contributed by atoms with Crippen LogP contribution in [0.5, 0.6) is 0 Å². The van der Waals surface area contributed by atoms with Gasteiger partial charge in [-0.2, -0.15) is 0 Å². The summed E-state index contributed by atoms with van der Waals surface area (Å²) in [5, 5.41) is 2.57. The summed E-state index contributed by atoms with van der Waals surface area (Å²) >= 11 is 0. The maximum absolute atomic E-state index is 12.9. The van der Waals surface area contributed by atoms with Crippen LogP contribution in [0.15, 0.2) is 36.5 Å². The van der Waals surface area contributed by atoms with E-state index in [1.807, 2.05) is 24.3 Å². The van der Waals surface area contributed by atoms with E-state index in [4.69, 9.17) is 0 Å². The molecule has 1 aromatic heterocycles. The summed E-state index contributed by atoms with van der Waals surface area (Å²) < 4.78 is 0. The van der Waals surface area contributed by atoms with Gasteiger partial charge in [0.1, 0.15) is 5.41 Å². The number of aryl methyl sites for hydroxylation is 1. The Morgan fingerprint density at radius 1 is 1.13 bits per heavy atom. The van der Waals surface area contributed by atoms with E-state index < -0.39 is 5.41 Å². The van der Waals surface area contributed by atoms with E-state index in [0.717, 1.165) is 23.2 Å². The second kappa shape index (κ2) is 4.28. The number of carbonyl (C=O) groups is 2. The van der Waals surface area contributed by atoms with Gasteiger partial charge in [0.15, 0.2) is 0 Å². The van der Waals surface area contributed by atoms with Crippen molar-refractivity contribution in [2.24, 2.45) is 0 Å². The van der Waals surface area contributed by atoms with Crippen molar-refractivity contribution in [3.63, 3.8) is 0 Å². The third-order valence-electron chi connectivity index (χ3n) is 5.50. The van der Waals surface area contributed by atoms with Crippen molar-refractivity contribution in [2.45, 2.75) is 37.0 Å². The molecule has 2 aromatic rings. The number of nitrogens with one attached hydrogen (secondary N) is 1. The summed E-state index contributed by atoms with van der Waals surface area (Å²) in [5.41, 5.74) is 3.94. The molecule has 1 fully saturated rings. The Morgan fingerprint density at radius 3 is 2.83 bits per heavy atom. The fourth-order valence-corrected chi connectivity index (χ4v) is 4.16. The van der Waals surface area contributed by atoms with Crippen LogP contribution < -0.4 is 5.32 Å². The molecule has 1 aromatic carbocycles. The van der Waals surface area contributed by atoms with Gasteiger partial charge in [0.05, 0.1) is 0 Å². The highest BCUT2D eigenvalue weighted by molar-refractivity contribution is 6.15. The van der Waals surface area contributed by atoms with Gasteiger partial charge in [-0.05, 0) is 60.4 Å². The minimum atomic E-state index is -0.752. The van der Waals surface area contributed by atoms with E-state index in [-0.39, 0.29) is 11.8 Å². The first-order valence-electron chi connectivity index (χ1n) is 8.15. The van der Waals surface area contributed by atoms with Crippen molar-refractivity contribution in [3.8, 4) is 0 Å². The molecule has 5 rings (SSSR count). The molecule has 4 nitrogen and oxygen atoms in total. The highest BCUT2D eigenvalue weighted by Crippen LogP contribution is 2.48. The van der Waals surface area contributed by atoms with Crippen LogP contribution in [0.25, 0.3) is 0 Å². The van der Waals surface area contributed by atoms with E-state index in [9.17, 15) is 9.59 Å². The van der Waals surface area contributed by atoms with Gasteiger partial charge in [0.25, 0.3) is 5.91 Å². The lowest BCUT2D eigenvalue weighted by atomic mass is 9.70. The van der Waals surface area contributed by atoms with E-state index >= 15 is 0 Å². The van der Waals surface area contributed by atoms with Crippen molar-refractivity contribution < 1.29 is 9.59 Å². The van der Waals surface area contributed by atoms with Crippen molar-refractivity contribution >= 4 is 11.8 Å². The molecule has 2 amide bonds. The highest BCUT2D eigenvalue weighted by Gasteiger charge is 2.52. The zero-order valence-electron chi connectivity index (χ0n) is 12.6. The number of fused-ring (bicyclic) bond motifs is 4. The molecule has 4 heteroatoms. The maximum Gasteiger partial charge on any atom is 0.258 e. The van der Waals surface area contributed by atoms with Crippen molar-refractivity contribution in [2.75, 3.05) is 0 Å². The zero-order chi connectivity index (χ0) is 15.6.